The van der Waals surface area contributed by atoms with Gasteiger partial charge in [-0.05, 0) is 56.0 Å². The van der Waals surface area contributed by atoms with Crippen LogP contribution in [0.25, 0.3) is 27.5 Å². The van der Waals surface area contributed by atoms with Crippen LogP contribution in [-0.4, -0.2) is 50.0 Å². The summed E-state index contributed by atoms with van der Waals surface area (Å²) in [7, 11) is -7.12. The molecular weight excluding hydrogens is 592 g/mol. The third-order valence-corrected chi connectivity index (χ3v) is 11.1. The van der Waals surface area contributed by atoms with Gasteiger partial charge in [0.2, 0.25) is 10.0 Å². The van der Waals surface area contributed by atoms with E-state index in [4.69, 9.17) is 22.1 Å². The molecule has 16 heteroatoms. The van der Waals surface area contributed by atoms with Crippen molar-refractivity contribution in [2.75, 3.05) is 12.3 Å². The Bertz CT molecular complexity index is 1820. The van der Waals surface area contributed by atoms with E-state index in [1.54, 1.807) is 32.0 Å². The van der Waals surface area contributed by atoms with Gasteiger partial charge in [0.25, 0.3) is 6.43 Å². The lowest BCUT2D eigenvalue weighted by Crippen LogP contribution is -2.34. The van der Waals surface area contributed by atoms with E-state index in [0.29, 0.717) is 51.3 Å². The molecule has 39 heavy (non-hydrogen) atoms. The van der Waals surface area contributed by atoms with Gasteiger partial charge in [0.05, 0.1) is 20.1 Å². The van der Waals surface area contributed by atoms with E-state index in [-0.39, 0.29) is 33.2 Å². The number of nitrogens with zero attached hydrogens (tertiary/aromatic N) is 4. The highest BCUT2D eigenvalue weighted by Gasteiger charge is 2.41. The molecule has 5 rings (SSSR count). The number of halogens is 3. The van der Waals surface area contributed by atoms with E-state index >= 15 is 0 Å². The summed E-state index contributed by atoms with van der Waals surface area (Å²) in [4.78, 5) is 4.53. The van der Waals surface area contributed by atoms with Gasteiger partial charge in [-0.2, -0.15) is 0 Å². The third kappa shape index (κ3) is 5.30. The van der Waals surface area contributed by atoms with Gasteiger partial charge < -0.3 is 5.73 Å². The largest absolute Gasteiger partial charge is 0.330 e. The predicted octanol–water partition coefficient (Wildman–Crippen LogP) is 4.61. The normalized spacial score (nSPS) is 16.6. The lowest BCUT2D eigenvalue weighted by Gasteiger charge is -2.16. The van der Waals surface area contributed by atoms with E-state index in [1.807, 2.05) is 0 Å². The fourth-order valence-electron chi connectivity index (χ4n) is 4.16. The van der Waals surface area contributed by atoms with Crippen LogP contribution in [-0.2, 0) is 19.8 Å². The fraction of sp³-hybridized carbons (Fsp3) is 0.348. The van der Waals surface area contributed by atoms with E-state index < -0.39 is 36.7 Å². The number of rotatable bonds is 9. The van der Waals surface area contributed by atoms with E-state index in [1.165, 1.54) is 16.7 Å². The SMILES string of the molecule is Cc1cc(S(=N)(=O)CCN)ccc1-c1cc(S(=O)(=O)NC2(C)CC2)cn2c(-c3nnc(C(F)F)s3)nc(Cl)c12. The number of hydrogen-bond acceptors (Lipinski definition) is 9. The number of hydrogen-bond donors (Lipinski definition) is 3. The second kappa shape index (κ2) is 9.82. The third-order valence-electron chi connectivity index (χ3n) is 6.45. The highest BCUT2D eigenvalue weighted by molar-refractivity contribution is 7.92. The van der Waals surface area contributed by atoms with Crippen molar-refractivity contribution in [1.82, 2.24) is 24.3 Å². The summed E-state index contributed by atoms with van der Waals surface area (Å²) in [6.45, 7) is 3.63. The second-order valence-electron chi connectivity index (χ2n) is 9.59. The molecule has 4 aromatic rings. The number of alkyl halides is 2. The topological polar surface area (TPSA) is 156 Å². The molecule has 1 saturated carbocycles. The van der Waals surface area contributed by atoms with E-state index in [0.717, 1.165) is 0 Å². The first-order valence-corrected chi connectivity index (χ1v) is 16.1. The Kier molecular flexibility index (Phi) is 7.04. The Balaban J connectivity index is 1.76. The number of imidazole rings is 1. The van der Waals surface area contributed by atoms with Crippen LogP contribution in [0.4, 0.5) is 8.78 Å². The maximum Gasteiger partial charge on any atom is 0.291 e. The van der Waals surface area contributed by atoms with Crippen LogP contribution in [0.15, 0.2) is 40.3 Å². The molecule has 0 aliphatic heterocycles. The maximum atomic E-state index is 13.4. The zero-order valence-electron chi connectivity index (χ0n) is 20.7. The molecule has 1 aliphatic rings. The van der Waals surface area contributed by atoms with Crippen molar-refractivity contribution in [3.8, 4) is 22.0 Å². The molecule has 1 fully saturated rings. The smallest absolute Gasteiger partial charge is 0.291 e. The van der Waals surface area contributed by atoms with Gasteiger partial charge in [0, 0.05) is 34.5 Å². The van der Waals surface area contributed by atoms with Crippen LogP contribution >= 0.6 is 22.9 Å². The molecule has 0 spiro atoms. The number of nitrogens with one attached hydrogen (secondary N) is 2. The molecule has 0 saturated heterocycles. The van der Waals surface area contributed by atoms with Gasteiger partial charge in [-0.1, -0.05) is 29.0 Å². The molecule has 1 aliphatic carbocycles. The predicted molar refractivity (Wildman–Crippen MR) is 145 cm³/mol. The van der Waals surface area contributed by atoms with Crippen molar-refractivity contribution in [3.63, 3.8) is 0 Å². The lowest BCUT2D eigenvalue weighted by molar-refractivity contribution is 0.150. The average molecular weight is 616 g/mol. The van der Waals surface area contributed by atoms with Gasteiger partial charge in [-0.3, -0.25) is 4.40 Å². The van der Waals surface area contributed by atoms with E-state index in [2.05, 4.69) is 19.9 Å². The average Bonchev–Trinajstić information content (AvgIpc) is 3.24. The van der Waals surface area contributed by atoms with Crippen LogP contribution < -0.4 is 10.5 Å². The molecule has 10 nitrogen and oxygen atoms in total. The summed E-state index contributed by atoms with van der Waals surface area (Å²) in [5, 5.41) is 6.87. The number of pyridine rings is 1. The van der Waals surface area contributed by atoms with Crippen molar-refractivity contribution in [3.05, 3.63) is 46.2 Å². The quantitative estimate of drug-likeness (QED) is 0.248. The van der Waals surface area contributed by atoms with Crippen LogP contribution in [0.3, 0.4) is 0 Å². The molecule has 1 aromatic carbocycles. The first kappa shape index (κ1) is 28.0. The maximum absolute atomic E-state index is 13.4. The van der Waals surface area contributed by atoms with E-state index in [9.17, 15) is 21.4 Å². The minimum atomic E-state index is -4.01. The molecular formula is C23H24ClF2N7O3S3. The summed E-state index contributed by atoms with van der Waals surface area (Å²) >= 11 is 7.18. The summed E-state index contributed by atoms with van der Waals surface area (Å²) in [6.07, 6.45) is -0.117. The van der Waals surface area contributed by atoms with Crippen LogP contribution in [0.5, 0.6) is 0 Å². The van der Waals surface area contributed by atoms with Crippen molar-refractivity contribution < 1.29 is 21.4 Å². The molecule has 0 bridgehead atoms. The number of fused-ring (bicyclic) bond motifs is 1. The van der Waals surface area contributed by atoms with Crippen molar-refractivity contribution >= 4 is 48.2 Å². The molecule has 1 atom stereocenters. The Morgan fingerprint density at radius 2 is 1.92 bits per heavy atom. The standard InChI is InChI=1S/C23H24ClF2N7O3S3/c1-12-9-13(38(28,34)8-7-27)3-4-15(12)16-10-14(39(35,36)32-23(2)5-6-23)11-33-17(16)18(24)29-20(33)22-31-30-21(37-22)19(25)26/h3-4,9-11,19,28,32H,5-8,27H2,1-2H3. The molecule has 0 amide bonds. The fourth-order valence-corrected chi connectivity index (χ4v) is 7.83. The van der Waals surface area contributed by atoms with Crippen molar-refractivity contribution in [2.24, 2.45) is 5.73 Å². The first-order valence-electron chi connectivity index (χ1n) is 11.7. The van der Waals surface area contributed by atoms with Crippen molar-refractivity contribution in [1.29, 1.82) is 4.78 Å². The molecule has 3 aromatic heterocycles. The molecule has 3 heterocycles. The zero-order chi connectivity index (χ0) is 28.3. The first-order chi connectivity index (χ1) is 18.2. The number of aryl methyl sites for hydroxylation is 1. The molecule has 0 radical (unpaired) electrons. The molecule has 4 N–H and O–H groups in total. The molecule has 1 unspecified atom stereocenters. The minimum Gasteiger partial charge on any atom is -0.330 e. The monoisotopic (exact) mass is 615 g/mol. The van der Waals surface area contributed by atoms with Gasteiger partial charge >= 0.3 is 0 Å². The summed E-state index contributed by atoms with van der Waals surface area (Å²) < 4.78 is 78.4. The number of nitrogens with two attached hydrogens (primary N) is 1. The highest BCUT2D eigenvalue weighted by atomic mass is 35.5. The molecule has 208 valence electrons. The van der Waals surface area contributed by atoms with Gasteiger partial charge in [0.15, 0.2) is 21.0 Å². The van der Waals surface area contributed by atoms with Crippen LogP contribution in [0.1, 0.15) is 36.8 Å². The zero-order valence-corrected chi connectivity index (χ0v) is 23.9. The van der Waals surface area contributed by atoms with Crippen LogP contribution in [0.2, 0.25) is 5.15 Å². The highest BCUT2D eigenvalue weighted by Crippen LogP contribution is 2.40. The Labute approximate surface area is 232 Å². The van der Waals surface area contributed by atoms with Crippen LogP contribution in [0, 0.1) is 11.7 Å². The summed E-state index contributed by atoms with van der Waals surface area (Å²) in [5.41, 5.74) is 6.85. The summed E-state index contributed by atoms with van der Waals surface area (Å²) in [6, 6.07) is 6.25. The lowest BCUT2D eigenvalue weighted by atomic mass is 10.0. The summed E-state index contributed by atoms with van der Waals surface area (Å²) in [5.74, 6) is 0.0517. The Hall–Kier alpha value is -2.56. The number of aromatic nitrogens is 4. The second-order valence-corrected chi connectivity index (χ2v) is 14.9. The number of sulfonamides is 1. The Morgan fingerprint density at radius 3 is 2.51 bits per heavy atom. The van der Waals surface area contributed by atoms with Gasteiger partial charge in [0.1, 0.15) is 0 Å². The Morgan fingerprint density at radius 1 is 1.21 bits per heavy atom. The van der Waals surface area contributed by atoms with Gasteiger partial charge in [-0.25, -0.2) is 35.9 Å². The van der Waals surface area contributed by atoms with Crippen molar-refractivity contribution in [2.45, 2.75) is 48.4 Å². The minimum absolute atomic E-state index is 0.00393. The van der Waals surface area contributed by atoms with Gasteiger partial charge in [-0.15, -0.1) is 10.2 Å². The number of benzene rings is 1.